The van der Waals surface area contributed by atoms with Gasteiger partial charge in [0.15, 0.2) is 0 Å². The van der Waals surface area contributed by atoms with E-state index in [0.717, 1.165) is 41.0 Å². The molecule has 1 aromatic rings. The Labute approximate surface area is 291 Å². The van der Waals surface area contributed by atoms with Crippen LogP contribution in [0.25, 0.3) is 5.57 Å². The predicted molar refractivity (Wildman–Crippen MR) is 178 cm³/mol. The number of amides is 3. The second-order valence-corrected chi connectivity index (χ2v) is 12.6. The Balaban J connectivity index is 0. The maximum Gasteiger partial charge on any atom is 0.246 e. The van der Waals surface area contributed by atoms with Crippen LogP contribution in [-0.2, 0) is 47.1 Å². The van der Waals surface area contributed by atoms with E-state index in [1.54, 1.807) is 22.3 Å². The van der Waals surface area contributed by atoms with Crippen molar-refractivity contribution in [2.75, 3.05) is 27.2 Å². The van der Waals surface area contributed by atoms with Crippen LogP contribution in [0, 0.1) is 27.2 Å². The minimum Gasteiger partial charge on any atom is -0.358 e. The van der Waals surface area contributed by atoms with Gasteiger partial charge in [-0.25, -0.2) is 4.98 Å². The molecule has 2 atom stereocenters. The van der Waals surface area contributed by atoms with Gasteiger partial charge in [0, 0.05) is 45.8 Å². The number of rotatable bonds is 10. The quantitative estimate of drug-likeness (QED) is 0.246. The third kappa shape index (κ3) is 11.0. The summed E-state index contributed by atoms with van der Waals surface area (Å²) >= 11 is 1.57. The minimum absolute atomic E-state index is 0. The van der Waals surface area contributed by atoms with Gasteiger partial charge in [-0.3, -0.25) is 19.3 Å². The van der Waals surface area contributed by atoms with E-state index in [1.807, 2.05) is 85.1 Å². The number of hydrogen-bond acceptors (Lipinski definition) is 6. The molecule has 2 heterocycles. The minimum atomic E-state index is -0.708. The normalized spacial score (nSPS) is 18.1. The van der Waals surface area contributed by atoms with Gasteiger partial charge in [-0.2, -0.15) is 0 Å². The first kappa shape index (κ1) is 43.5. The number of allylic oxidation sites excluding steroid dienone is 4. The summed E-state index contributed by atoms with van der Waals surface area (Å²) in [5, 5.41) is 6.05. The molecule has 241 valence electrons. The first-order valence-corrected chi connectivity index (χ1v) is 15.2. The van der Waals surface area contributed by atoms with Gasteiger partial charge in [0.2, 0.25) is 17.7 Å². The zero-order valence-electron chi connectivity index (χ0n) is 28.5. The fourth-order valence-corrected chi connectivity index (χ4v) is 5.66. The van der Waals surface area contributed by atoms with Crippen LogP contribution in [0.4, 0.5) is 0 Å². The molecule has 3 rings (SSSR count). The van der Waals surface area contributed by atoms with E-state index in [0.29, 0.717) is 19.5 Å². The van der Waals surface area contributed by atoms with Crippen molar-refractivity contribution in [2.24, 2.45) is 5.41 Å². The second-order valence-electron chi connectivity index (χ2n) is 11.7. The summed E-state index contributed by atoms with van der Waals surface area (Å²) in [7, 11) is 3.79. The molecule has 2 N–H and O–H groups in total. The number of thiazole rings is 1. The molecule has 2 aliphatic rings. The Bertz CT molecular complexity index is 1130. The molecule has 2 fully saturated rings. The summed E-state index contributed by atoms with van der Waals surface area (Å²) in [6, 6.07) is -1.25. The zero-order chi connectivity index (χ0) is 30.3. The molecule has 8 nitrogen and oxygen atoms in total. The van der Waals surface area contributed by atoms with Gasteiger partial charge in [-0.15, -0.1) is 11.3 Å². The van der Waals surface area contributed by atoms with Crippen molar-refractivity contribution in [3.8, 4) is 0 Å². The number of carbonyl (C=O) groups is 3. The topological polar surface area (TPSA) is 94.6 Å². The van der Waals surface area contributed by atoms with Crippen LogP contribution in [0.15, 0.2) is 35.9 Å². The molecule has 1 aliphatic carbocycles. The van der Waals surface area contributed by atoms with E-state index >= 15 is 0 Å². The number of aromatic nitrogens is 1. The number of nitrogens with one attached hydrogen (secondary N) is 2. The van der Waals surface area contributed by atoms with E-state index in [2.05, 4.69) is 22.2 Å². The first-order valence-electron chi connectivity index (χ1n) is 14.3. The van der Waals surface area contributed by atoms with Crippen molar-refractivity contribution in [3.63, 3.8) is 0 Å². The van der Waals surface area contributed by atoms with Gasteiger partial charge in [-0.05, 0) is 64.6 Å². The number of carbonyl (C=O) groups excluding carboxylic acids is 3. The van der Waals surface area contributed by atoms with E-state index in [-0.39, 0.29) is 65.3 Å². The van der Waals surface area contributed by atoms with Crippen LogP contribution >= 0.6 is 11.3 Å². The van der Waals surface area contributed by atoms with Crippen LogP contribution < -0.4 is 10.6 Å². The summed E-state index contributed by atoms with van der Waals surface area (Å²) < 4.78 is 0. The summed E-state index contributed by atoms with van der Waals surface area (Å²) in [5.74, 6) is -0.471. The Morgan fingerprint density at radius 3 is 2.28 bits per heavy atom. The molecule has 43 heavy (non-hydrogen) atoms. The fraction of sp³-hybridized carbons (Fsp3) is 0.576. The fourth-order valence-electron chi connectivity index (χ4n) is 4.83. The van der Waals surface area contributed by atoms with Crippen LogP contribution in [0.1, 0.15) is 77.8 Å². The molecule has 1 saturated carbocycles. The average Bonchev–Trinajstić information content (AvgIpc) is 3.40. The van der Waals surface area contributed by atoms with Crippen molar-refractivity contribution in [1.82, 2.24) is 25.4 Å². The van der Waals surface area contributed by atoms with Crippen molar-refractivity contribution in [3.05, 3.63) is 61.3 Å². The zero-order valence-corrected chi connectivity index (χ0v) is 32.1. The van der Waals surface area contributed by atoms with Gasteiger partial charge in [-0.1, -0.05) is 65.0 Å². The summed E-state index contributed by atoms with van der Waals surface area (Å²) in [4.78, 5) is 49.0. The Morgan fingerprint density at radius 2 is 1.81 bits per heavy atom. The van der Waals surface area contributed by atoms with Gasteiger partial charge in [0.25, 0.3) is 0 Å². The van der Waals surface area contributed by atoms with E-state index in [1.165, 1.54) is 0 Å². The molecule has 1 aliphatic heterocycles. The molecule has 1 saturated heterocycles. The van der Waals surface area contributed by atoms with Crippen molar-refractivity contribution in [2.45, 2.75) is 91.8 Å². The molecular formula is C33H55N5O3SY-2. The summed E-state index contributed by atoms with van der Waals surface area (Å²) in [6.07, 6.45) is 8.69. The SMILES string of the molecule is C=C/C(=C\C=C(/C)CNC(=O)C1CCCN1C(=O)C(NC(=O)C1(N(C)C)CC1)C(C)(C)C)c1scnc1C.CC.[CH3-].[CH3-].[Y]. The van der Waals surface area contributed by atoms with E-state index in [9.17, 15) is 14.4 Å². The number of likely N-dealkylation sites (tertiary alicyclic amines) is 1. The maximum atomic E-state index is 13.7. The van der Waals surface area contributed by atoms with Crippen LogP contribution in [0.2, 0.25) is 0 Å². The molecule has 1 aromatic heterocycles. The standard InChI is InChI=1S/C29H43N5O3S.C2H6.2CH3.Y/c1-9-21(23-20(3)31-18-38-23)13-12-19(2)17-30-25(35)22-11-10-16-34(22)26(36)24(28(4,5)6)32-27(37)29(14-15-29)33(7)8;1-2;;;/h9,12-13,18,22,24H,1,10-11,14-17H2,2-8H3,(H,30,35)(H,32,37);1-2H3;2*1H3;/q;;2*-1;/b19-12+,21-13+;;;;. The van der Waals surface area contributed by atoms with Gasteiger partial charge < -0.3 is 30.4 Å². The van der Waals surface area contributed by atoms with Crippen molar-refractivity contribution in [1.29, 1.82) is 0 Å². The molecule has 0 aromatic carbocycles. The Kier molecular flexibility index (Phi) is 19.2. The smallest absolute Gasteiger partial charge is 0.246 e. The largest absolute Gasteiger partial charge is 0.358 e. The van der Waals surface area contributed by atoms with Gasteiger partial charge >= 0.3 is 0 Å². The van der Waals surface area contributed by atoms with Crippen molar-refractivity contribution >= 4 is 34.6 Å². The second kappa shape index (κ2) is 19.0. The Hall–Kier alpha value is -1.68. The van der Waals surface area contributed by atoms with Crippen LogP contribution in [0.5, 0.6) is 0 Å². The summed E-state index contributed by atoms with van der Waals surface area (Å²) in [5.41, 5.74) is 3.72. The van der Waals surface area contributed by atoms with Gasteiger partial charge in [0.1, 0.15) is 12.1 Å². The van der Waals surface area contributed by atoms with E-state index in [4.69, 9.17) is 0 Å². The summed E-state index contributed by atoms with van der Waals surface area (Å²) in [6.45, 7) is 18.6. The molecule has 1 radical (unpaired) electrons. The number of nitrogens with zero attached hydrogens (tertiary/aromatic N) is 3. The third-order valence-corrected chi connectivity index (χ3v) is 8.52. The van der Waals surface area contributed by atoms with Crippen LogP contribution in [0.3, 0.4) is 0 Å². The maximum absolute atomic E-state index is 13.7. The molecule has 3 amide bonds. The molecular weight excluding hydrogens is 635 g/mol. The third-order valence-electron chi connectivity index (χ3n) is 7.55. The molecule has 2 unspecified atom stereocenters. The first-order chi connectivity index (χ1) is 18.8. The molecule has 0 bridgehead atoms. The van der Waals surface area contributed by atoms with Crippen LogP contribution in [-0.4, -0.2) is 77.3 Å². The number of aryl methyl sites for hydroxylation is 1. The molecule has 10 heteroatoms. The molecule has 0 spiro atoms. The average molecular weight is 691 g/mol. The number of likely N-dealkylation sites (N-methyl/N-ethyl adjacent to an activating group) is 1. The monoisotopic (exact) mass is 690 g/mol. The Morgan fingerprint density at radius 1 is 1.21 bits per heavy atom. The van der Waals surface area contributed by atoms with Crippen molar-refractivity contribution < 1.29 is 47.1 Å². The van der Waals surface area contributed by atoms with E-state index < -0.39 is 23.0 Å². The predicted octanol–water partition coefficient (Wildman–Crippen LogP) is 5.62. The number of hydrogen-bond donors (Lipinski definition) is 2. The van der Waals surface area contributed by atoms with Gasteiger partial charge in [0.05, 0.1) is 21.6 Å².